The van der Waals surface area contributed by atoms with Gasteiger partial charge in [0, 0.05) is 10.0 Å². The van der Waals surface area contributed by atoms with Gasteiger partial charge in [0.15, 0.2) is 0 Å². The van der Waals surface area contributed by atoms with Crippen LogP contribution in [0.3, 0.4) is 0 Å². The van der Waals surface area contributed by atoms with E-state index < -0.39 is 0 Å². The van der Waals surface area contributed by atoms with Gasteiger partial charge >= 0.3 is 0 Å². The molecule has 0 aliphatic heterocycles. The molecule has 0 nitrogen and oxygen atoms in total. The van der Waals surface area contributed by atoms with Crippen molar-refractivity contribution in [2.75, 3.05) is 0 Å². The third-order valence-corrected chi connectivity index (χ3v) is 4.53. The van der Waals surface area contributed by atoms with Crippen LogP contribution in [0.1, 0.15) is 51.3 Å². The molecule has 0 aliphatic rings. The van der Waals surface area contributed by atoms with E-state index in [1.807, 2.05) is 12.1 Å². The highest BCUT2D eigenvalue weighted by atomic mass is 35.5. The van der Waals surface area contributed by atoms with E-state index in [1.165, 1.54) is 16.7 Å². The summed E-state index contributed by atoms with van der Waals surface area (Å²) in [5.74, 6) is 0. The molecule has 0 aromatic heterocycles. The maximum Gasteiger partial charge on any atom is 0.0411 e. The molecule has 22 heavy (non-hydrogen) atoms. The van der Waals surface area contributed by atoms with Gasteiger partial charge in [-0.25, -0.2) is 0 Å². The summed E-state index contributed by atoms with van der Waals surface area (Å²) in [5.41, 5.74) is 3.89. The number of rotatable bonds is 3. The first-order valence-electron chi connectivity index (χ1n) is 7.64. The second kappa shape index (κ2) is 6.26. The van der Waals surface area contributed by atoms with Crippen LogP contribution in [0.25, 0.3) is 0 Å². The Morgan fingerprint density at radius 1 is 0.773 bits per heavy atom. The van der Waals surface area contributed by atoms with Crippen LogP contribution in [0.4, 0.5) is 0 Å². The fourth-order valence-electron chi connectivity index (χ4n) is 2.71. The molecule has 2 aromatic carbocycles. The minimum Gasteiger partial charge on any atom is -0.0843 e. The summed E-state index contributed by atoms with van der Waals surface area (Å²) in [6, 6.07) is 14.5. The van der Waals surface area contributed by atoms with E-state index in [4.69, 9.17) is 23.2 Å². The molecule has 0 amide bonds. The van der Waals surface area contributed by atoms with E-state index in [0.717, 1.165) is 16.5 Å². The molecule has 0 bridgehead atoms. The molecule has 2 aromatic rings. The Balaban J connectivity index is 2.35. The molecule has 0 fully saturated rings. The Hall–Kier alpha value is -0.980. The fourth-order valence-corrected chi connectivity index (χ4v) is 3.16. The van der Waals surface area contributed by atoms with Gasteiger partial charge in [-0.05, 0) is 58.2 Å². The largest absolute Gasteiger partial charge is 0.0843 e. The van der Waals surface area contributed by atoms with E-state index in [-0.39, 0.29) is 10.8 Å². The Morgan fingerprint density at radius 2 is 1.41 bits per heavy atom. The molecule has 0 N–H and O–H groups in total. The summed E-state index contributed by atoms with van der Waals surface area (Å²) in [7, 11) is 0. The molecule has 0 aliphatic carbocycles. The lowest BCUT2D eigenvalue weighted by atomic mass is 9.78. The van der Waals surface area contributed by atoms with Gasteiger partial charge in [0.1, 0.15) is 0 Å². The van der Waals surface area contributed by atoms with Gasteiger partial charge < -0.3 is 0 Å². The quantitative estimate of drug-likeness (QED) is 0.578. The molecule has 0 spiro atoms. The van der Waals surface area contributed by atoms with Gasteiger partial charge in [-0.3, -0.25) is 0 Å². The summed E-state index contributed by atoms with van der Waals surface area (Å²) in [4.78, 5) is 0. The van der Waals surface area contributed by atoms with Crippen molar-refractivity contribution in [1.29, 1.82) is 0 Å². The number of hydrogen-bond donors (Lipinski definition) is 0. The van der Waals surface area contributed by atoms with Crippen molar-refractivity contribution in [1.82, 2.24) is 0 Å². The first-order valence-corrected chi connectivity index (χ1v) is 8.39. The second-order valence-corrected chi connectivity index (χ2v) is 8.54. The highest BCUT2D eigenvalue weighted by molar-refractivity contribution is 6.31. The molecule has 0 heterocycles. The first-order chi connectivity index (χ1) is 10.1. The van der Waals surface area contributed by atoms with E-state index in [0.29, 0.717) is 0 Å². The van der Waals surface area contributed by atoms with Crippen LogP contribution in [0.2, 0.25) is 10.0 Å². The van der Waals surface area contributed by atoms with Gasteiger partial charge in [0.05, 0.1) is 0 Å². The molecule has 0 saturated heterocycles. The summed E-state index contributed by atoms with van der Waals surface area (Å²) < 4.78 is 0. The summed E-state index contributed by atoms with van der Waals surface area (Å²) in [6.45, 7) is 11.1. The SMILES string of the molecule is CC(C)(C)c1cc(Cl)cc(CC(C)(C)c2cccc(Cl)c2)c1. The van der Waals surface area contributed by atoms with Crippen LogP contribution in [-0.2, 0) is 17.3 Å². The minimum absolute atomic E-state index is 0.00470. The van der Waals surface area contributed by atoms with Crippen LogP contribution in [-0.4, -0.2) is 0 Å². The third kappa shape index (κ3) is 4.27. The Labute approximate surface area is 144 Å². The molecule has 118 valence electrons. The number of halogens is 2. The lowest BCUT2D eigenvalue weighted by molar-refractivity contribution is 0.520. The molecule has 2 rings (SSSR count). The predicted octanol–water partition coefficient (Wildman–Crippen LogP) is 6.81. The van der Waals surface area contributed by atoms with Crippen molar-refractivity contribution >= 4 is 23.2 Å². The van der Waals surface area contributed by atoms with Crippen molar-refractivity contribution in [2.24, 2.45) is 0 Å². The predicted molar refractivity (Wildman–Crippen MR) is 98.3 cm³/mol. The standard InChI is InChI=1S/C20H24Cl2/c1-19(2,3)16-9-14(10-18(22)12-16)13-20(4,5)15-7-6-8-17(21)11-15/h6-12H,13H2,1-5H3. The summed E-state index contributed by atoms with van der Waals surface area (Å²) in [6.07, 6.45) is 0.928. The fraction of sp³-hybridized carbons (Fsp3) is 0.400. The van der Waals surface area contributed by atoms with Gasteiger partial charge in [-0.2, -0.15) is 0 Å². The lowest BCUT2D eigenvalue weighted by Gasteiger charge is -2.27. The topological polar surface area (TPSA) is 0 Å². The Kier molecular flexibility index (Phi) is 4.94. The van der Waals surface area contributed by atoms with Crippen LogP contribution in [0.5, 0.6) is 0 Å². The zero-order valence-corrected chi connectivity index (χ0v) is 15.5. The van der Waals surface area contributed by atoms with Gasteiger partial charge in [0.2, 0.25) is 0 Å². The van der Waals surface area contributed by atoms with Crippen molar-refractivity contribution < 1.29 is 0 Å². The van der Waals surface area contributed by atoms with E-state index in [9.17, 15) is 0 Å². The zero-order chi connectivity index (χ0) is 16.5. The monoisotopic (exact) mass is 334 g/mol. The van der Waals surface area contributed by atoms with Crippen molar-refractivity contribution in [3.05, 3.63) is 69.2 Å². The maximum absolute atomic E-state index is 6.34. The van der Waals surface area contributed by atoms with Crippen molar-refractivity contribution in [3.63, 3.8) is 0 Å². The first kappa shape index (κ1) is 17.4. The van der Waals surface area contributed by atoms with E-state index in [2.05, 4.69) is 65.0 Å². The molecule has 0 radical (unpaired) electrons. The zero-order valence-electron chi connectivity index (χ0n) is 14.0. The van der Waals surface area contributed by atoms with Crippen LogP contribution < -0.4 is 0 Å². The molecular weight excluding hydrogens is 311 g/mol. The van der Waals surface area contributed by atoms with Crippen molar-refractivity contribution in [2.45, 2.75) is 51.9 Å². The second-order valence-electron chi connectivity index (χ2n) is 7.67. The van der Waals surface area contributed by atoms with Crippen molar-refractivity contribution in [3.8, 4) is 0 Å². The van der Waals surface area contributed by atoms with Gasteiger partial charge in [-0.15, -0.1) is 0 Å². The summed E-state index contributed by atoms with van der Waals surface area (Å²) in [5, 5.41) is 1.59. The Morgan fingerprint density at radius 3 is 2.00 bits per heavy atom. The van der Waals surface area contributed by atoms with Crippen LogP contribution in [0.15, 0.2) is 42.5 Å². The normalized spacial score (nSPS) is 12.5. The highest BCUT2D eigenvalue weighted by Gasteiger charge is 2.23. The average molecular weight is 335 g/mol. The van der Waals surface area contributed by atoms with Crippen LogP contribution in [0, 0.1) is 0 Å². The van der Waals surface area contributed by atoms with E-state index >= 15 is 0 Å². The average Bonchev–Trinajstić information content (AvgIpc) is 2.36. The maximum atomic E-state index is 6.34. The summed E-state index contributed by atoms with van der Waals surface area (Å²) >= 11 is 12.5. The number of benzene rings is 2. The highest BCUT2D eigenvalue weighted by Crippen LogP contribution is 2.32. The van der Waals surface area contributed by atoms with E-state index in [1.54, 1.807) is 0 Å². The third-order valence-electron chi connectivity index (χ3n) is 4.08. The Bertz CT molecular complexity index is 664. The van der Waals surface area contributed by atoms with Crippen LogP contribution >= 0.6 is 23.2 Å². The molecule has 0 unspecified atom stereocenters. The molecular formula is C20H24Cl2. The van der Waals surface area contributed by atoms with Gasteiger partial charge in [-0.1, -0.05) is 76.0 Å². The molecule has 0 saturated carbocycles. The number of hydrogen-bond acceptors (Lipinski definition) is 0. The smallest absolute Gasteiger partial charge is 0.0411 e. The molecule has 0 atom stereocenters. The lowest BCUT2D eigenvalue weighted by Crippen LogP contribution is -2.21. The van der Waals surface area contributed by atoms with Gasteiger partial charge in [0.25, 0.3) is 0 Å². The minimum atomic E-state index is 0.00470. The molecule has 2 heteroatoms.